The molecule has 25 heavy (non-hydrogen) atoms. The molecule has 1 N–H and O–H groups in total. The number of carbonyl (C=O) groups is 2. The van der Waals surface area contributed by atoms with Gasteiger partial charge in [0, 0.05) is 17.8 Å². The molecule has 1 heterocycles. The van der Waals surface area contributed by atoms with Crippen LogP contribution in [-0.2, 0) is 4.79 Å². The summed E-state index contributed by atoms with van der Waals surface area (Å²) in [6, 6.07) is 12.8. The van der Waals surface area contributed by atoms with Crippen molar-refractivity contribution in [2.45, 2.75) is 26.7 Å². The predicted octanol–water partition coefficient (Wildman–Crippen LogP) is 3.77. The van der Waals surface area contributed by atoms with Crippen molar-refractivity contribution in [1.29, 1.82) is 0 Å². The summed E-state index contributed by atoms with van der Waals surface area (Å²) in [6.07, 6.45) is 1.93. The standard InChI is InChI=1S/C20H22N2O3/c1-3-4-11-22-17-12-16(9-10-18(17)25-13-19(22)23)21-20(24)15-7-5-14(2)6-8-15/h5-10,12H,3-4,11,13H2,1-2H3,(H,21,24). The van der Waals surface area contributed by atoms with E-state index in [-0.39, 0.29) is 18.4 Å². The van der Waals surface area contributed by atoms with Crippen molar-refractivity contribution < 1.29 is 14.3 Å². The average Bonchev–Trinajstić information content (AvgIpc) is 2.61. The van der Waals surface area contributed by atoms with Crippen molar-refractivity contribution in [2.75, 3.05) is 23.4 Å². The first-order valence-corrected chi connectivity index (χ1v) is 8.53. The molecule has 0 radical (unpaired) electrons. The summed E-state index contributed by atoms with van der Waals surface area (Å²) in [5.74, 6) is 0.440. The van der Waals surface area contributed by atoms with Gasteiger partial charge in [-0.3, -0.25) is 9.59 Å². The summed E-state index contributed by atoms with van der Waals surface area (Å²) in [7, 11) is 0. The van der Waals surface area contributed by atoms with Gasteiger partial charge in [-0.25, -0.2) is 0 Å². The SMILES string of the molecule is CCCCN1C(=O)COc2ccc(NC(=O)c3ccc(C)cc3)cc21. The van der Waals surface area contributed by atoms with Crippen LogP contribution < -0.4 is 15.0 Å². The van der Waals surface area contributed by atoms with Gasteiger partial charge in [0.25, 0.3) is 11.8 Å². The van der Waals surface area contributed by atoms with Crippen LogP contribution in [0.1, 0.15) is 35.7 Å². The van der Waals surface area contributed by atoms with Crippen LogP contribution in [0.4, 0.5) is 11.4 Å². The number of unbranched alkanes of at least 4 members (excludes halogenated alkanes) is 1. The third-order valence-electron chi connectivity index (χ3n) is 4.21. The van der Waals surface area contributed by atoms with Gasteiger partial charge in [0.1, 0.15) is 5.75 Å². The number of benzene rings is 2. The van der Waals surface area contributed by atoms with Crippen LogP contribution in [0.5, 0.6) is 5.75 Å². The molecule has 130 valence electrons. The molecule has 0 bridgehead atoms. The van der Waals surface area contributed by atoms with Gasteiger partial charge in [-0.1, -0.05) is 31.0 Å². The summed E-state index contributed by atoms with van der Waals surface area (Å²) in [5.41, 5.74) is 3.06. The molecule has 0 saturated carbocycles. The zero-order chi connectivity index (χ0) is 17.8. The third kappa shape index (κ3) is 3.82. The fraction of sp³-hybridized carbons (Fsp3) is 0.300. The number of hydrogen-bond donors (Lipinski definition) is 1. The van der Waals surface area contributed by atoms with Crippen molar-refractivity contribution in [2.24, 2.45) is 0 Å². The van der Waals surface area contributed by atoms with Crippen LogP contribution in [0.2, 0.25) is 0 Å². The molecule has 0 atom stereocenters. The Bertz CT molecular complexity index is 784. The first kappa shape index (κ1) is 17.0. The van der Waals surface area contributed by atoms with Gasteiger partial charge in [-0.05, 0) is 43.7 Å². The highest BCUT2D eigenvalue weighted by Gasteiger charge is 2.25. The second-order valence-electron chi connectivity index (χ2n) is 6.19. The monoisotopic (exact) mass is 338 g/mol. The summed E-state index contributed by atoms with van der Waals surface area (Å²) in [6.45, 7) is 4.78. The normalized spacial score (nSPS) is 13.2. The van der Waals surface area contributed by atoms with Gasteiger partial charge in [0.05, 0.1) is 5.69 Å². The minimum absolute atomic E-state index is 0.0528. The number of anilines is 2. The van der Waals surface area contributed by atoms with Crippen LogP contribution >= 0.6 is 0 Å². The lowest BCUT2D eigenvalue weighted by Crippen LogP contribution is -2.39. The van der Waals surface area contributed by atoms with E-state index in [9.17, 15) is 9.59 Å². The van der Waals surface area contributed by atoms with E-state index in [2.05, 4.69) is 12.2 Å². The molecule has 2 aromatic carbocycles. The average molecular weight is 338 g/mol. The maximum absolute atomic E-state index is 12.4. The number of nitrogens with one attached hydrogen (secondary N) is 1. The van der Waals surface area contributed by atoms with Crippen LogP contribution in [0.15, 0.2) is 42.5 Å². The van der Waals surface area contributed by atoms with Crippen LogP contribution in [-0.4, -0.2) is 25.0 Å². The molecule has 0 unspecified atom stereocenters. The van der Waals surface area contributed by atoms with Gasteiger partial charge in [0.15, 0.2) is 6.61 Å². The molecule has 0 aliphatic carbocycles. The maximum atomic E-state index is 12.4. The van der Waals surface area contributed by atoms with Gasteiger partial charge in [-0.2, -0.15) is 0 Å². The Morgan fingerprint density at radius 3 is 2.68 bits per heavy atom. The van der Waals surface area contributed by atoms with E-state index in [4.69, 9.17) is 4.74 Å². The smallest absolute Gasteiger partial charge is 0.265 e. The molecular formula is C20H22N2O3. The number of hydrogen-bond acceptors (Lipinski definition) is 3. The molecule has 2 aromatic rings. The maximum Gasteiger partial charge on any atom is 0.265 e. The number of carbonyl (C=O) groups excluding carboxylic acids is 2. The molecule has 0 saturated heterocycles. The topological polar surface area (TPSA) is 58.6 Å². The van der Waals surface area contributed by atoms with Crippen molar-refractivity contribution in [1.82, 2.24) is 0 Å². The number of aryl methyl sites for hydroxylation is 1. The highest BCUT2D eigenvalue weighted by molar-refractivity contribution is 6.05. The Kier molecular flexibility index (Phi) is 5.03. The molecule has 3 rings (SSSR count). The van der Waals surface area contributed by atoms with E-state index in [1.165, 1.54) is 0 Å². The minimum Gasteiger partial charge on any atom is -0.482 e. The first-order valence-electron chi connectivity index (χ1n) is 8.53. The van der Waals surface area contributed by atoms with Crippen LogP contribution in [0.25, 0.3) is 0 Å². The Morgan fingerprint density at radius 1 is 1.20 bits per heavy atom. The van der Waals surface area contributed by atoms with E-state index >= 15 is 0 Å². The van der Waals surface area contributed by atoms with Crippen molar-refractivity contribution in [3.8, 4) is 5.75 Å². The third-order valence-corrected chi connectivity index (χ3v) is 4.21. The fourth-order valence-corrected chi connectivity index (χ4v) is 2.75. The van der Waals surface area contributed by atoms with Crippen molar-refractivity contribution in [3.63, 3.8) is 0 Å². The number of rotatable bonds is 5. The summed E-state index contributed by atoms with van der Waals surface area (Å²) < 4.78 is 5.50. The molecule has 5 nitrogen and oxygen atoms in total. The van der Waals surface area contributed by atoms with E-state index in [0.29, 0.717) is 29.2 Å². The van der Waals surface area contributed by atoms with Gasteiger partial charge in [0.2, 0.25) is 0 Å². The highest BCUT2D eigenvalue weighted by atomic mass is 16.5. The van der Waals surface area contributed by atoms with Gasteiger partial charge < -0.3 is 15.0 Å². The quantitative estimate of drug-likeness (QED) is 0.903. The number of fused-ring (bicyclic) bond motifs is 1. The lowest BCUT2D eigenvalue weighted by atomic mass is 10.1. The first-order chi connectivity index (χ1) is 12.1. The number of ether oxygens (including phenoxy) is 1. The van der Waals surface area contributed by atoms with Crippen molar-refractivity contribution >= 4 is 23.2 Å². The minimum atomic E-state index is -0.178. The Hall–Kier alpha value is -2.82. The summed E-state index contributed by atoms with van der Waals surface area (Å²) in [5, 5.41) is 2.89. The van der Waals surface area contributed by atoms with Crippen LogP contribution in [0, 0.1) is 6.92 Å². The van der Waals surface area contributed by atoms with E-state index in [1.54, 1.807) is 35.2 Å². The lowest BCUT2D eigenvalue weighted by Gasteiger charge is -2.29. The molecule has 1 aliphatic rings. The van der Waals surface area contributed by atoms with Crippen LogP contribution in [0.3, 0.4) is 0 Å². The van der Waals surface area contributed by atoms with E-state index in [0.717, 1.165) is 18.4 Å². The van der Waals surface area contributed by atoms with E-state index < -0.39 is 0 Å². The van der Waals surface area contributed by atoms with Gasteiger partial charge in [-0.15, -0.1) is 0 Å². The molecule has 0 aromatic heterocycles. The molecule has 0 fully saturated rings. The molecular weight excluding hydrogens is 316 g/mol. The molecule has 1 aliphatic heterocycles. The Labute approximate surface area is 147 Å². The van der Waals surface area contributed by atoms with E-state index in [1.807, 2.05) is 19.1 Å². The second-order valence-corrected chi connectivity index (χ2v) is 6.19. The Morgan fingerprint density at radius 2 is 1.96 bits per heavy atom. The lowest BCUT2D eigenvalue weighted by molar-refractivity contribution is -0.121. The number of nitrogens with zero attached hydrogens (tertiary/aromatic N) is 1. The zero-order valence-corrected chi connectivity index (χ0v) is 14.5. The summed E-state index contributed by atoms with van der Waals surface area (Å²) in [4.78, 5) is 26.3. The molecule has 5 heteroatoms. The Balaban J connectivity index is 1.82. The summed E-state index contributed by atoms with van der Waals surface area (Å²) >= 11 is 0. The molecule has 0 spiro atoms. The fourth-order valence-electron chi connectivity index (χ4n) is 2.75. The zero-order valence-electron chi connectivity index (χ0n) is 14.5. The number of amides is 2. The van der Waals surface area contributed by atoms with Gasteiger partial charge >= 0.3 is 0 Å². The largest absolute Gasteiger partial charge is 0.482 e. The highest BCUT2D eigenvalue weighted by Crippen LogP contribution is 2.34. The second kappa shape index (κ2) is 7.38. The van der Waals surface area contributed by atoms with Crippen molar-refractivity contribution in [3.05, 3.63) is 53.6 Å². The predicted molar refractivity (Wildman–Crippen MR) is 98.3 cm³/mol. The molecule has 2 amide bonds.